The molecule has 0 aromatic carbocycles. The highest BCUT2D eigenvalue weighted by atomic mass is 16.6. The first kappa shape index (κ1) is 17.5. The maximum absolute atomic E-state index is 10.5. The summed E-state index contributed by atoms with van der Waals surface area (Å²) in [6.07, 6.45) is 6.05. The number of rotatable bonds is 1. The Labute approximate surface area is 126 Å². The van der Waals surface area contributed by atoms with Gasteiger partial charge in [-0.25, -0.2) is 4.79 Å². The Balaban J connectivity index is 0.000000222. The number of nitrogens with zero attached hydrogens (tertiary/aromatic N) is 2. The summed E-state index contributed by atoms with van der Waals surface area (Å²) < 4.78 is 9.98. The number of ether oxygens (including phenoxy) is 1. The zero-order valence-electron chi connectivity index (χ0n) is 13.7. The summed E-state index contributed by atoms with van der Waals surface area (Å²) >= 11 is 0. The van der Waals surface area contributed by atoms with Crippen LogP contribution in [0, 0.1) is 6.92 Å². The van der Waals surface area contributed by atoms with Crippen LogP contribution in [0.5, 0.6) is 0 Å². The average molecular weight is 297 g/mol. The normalized spacial score (nSPS) is 15.9. The van der Waals surface area contributed by atoms with Crippen LogP contribution in [0.4, 0.5) is 4.79 Å². The van der Waals surface area contributed by atoms with Crippen molar-refractivity contribution in [3.8, 4) is 0 Å². The third kappa shape index (κ3) is 7.11. The summed E-state index contributed by atoms with van der Waals surface area (Å²) in [5.74, 6) is 2.16. The molecule has 0 spiro atoms. The van der Waals surface area contributed by atoms with Crippen molar-refractivity contribution < 1.29 is 14.1 Å². The van der Waals surface area contributed by atoms with Crippen molar-refractivity contribution in [1.29, 1.82) is 0 Å². The molecule has 0 aliphatic heterocycles. The van der Waals surface area contributed by atoms with Crippen molar-refractivity contribution in [1.82, 2.24) is 15.5 Å². The van der Waals surface area contributed by atoms with E-state index in [4.69, 9.17) is 9.26 Å². The molecule has 1 aliphatic rings. The summed E-state index contributed by atoms with van der Waals surface area (Å²) in [5.41, 5.74) is -0.389. The minimum atomic E-state index is -0.389. The van der Waals surface area contributed by atoms with Crippen LogP contribution in [0.25, 0.3) is 0 Å². The first-order chi connectivity index (χ1) is 9.81. The molecule has 1 aromatic rings. The van der Waals surface area contributed by atoms with E-state index in [2.05, 4.69) is 15.5 Å². The minimum Gasteiger partial charge on any atom is -0.444 e. The summed E-state index contributed by atoms with van der Waals surface area (Å²) in [7, 11) is 1.54. The molecule has 6 nitrogen and oxygen atoms in total. The van der Waals surface area contributed by atoms with E-state index in [1.165, 1.54) is 39.2 Å². The second kappa shape index (κ2) is 8.00. The van der Waals surface area contributed by atoms with Crippen molar-refractivity contribution in [3.05, 3.63) is 11.7 Å². The smallest absolute Gasteiger partial charge is 0.407 e. The largest absolute Gasteiger partial charge is 0.444 e. The van der Waals surface area contributed by atoms with Gasteiger partial charge >= 0.3 is 6.09 Å². The number of carbonyl (C=O) groups is 1. The number of hydrogen-bond acceptors (Lipinski definition) is 5. The molecule has 1 heterocycles. The van der Waals surface area contributed by atoms with Crippen LogP contribution in [-0.2, 0) is 4.74 Å². The number of hydrogen-bond donors (Lipinski definition) is 1. The Morgan fingerprint density at radius 1 is 1.29 bits per heavy atom. The lowest BCUT2D eigenvalue weighted by molar-refractivity contribution is 0.0541. The molecule has 0 atom stereocenters. The Morgan fingerprint density at radius 2 is 1.90 bits per heavy atom. The lowest BCUT2D eigenvalue weighted by atomic mass is 9.89. The van der Waals surface area contributed by atoms with Crippen molar-refractivity contribution in [2.45, 2.75) is 71.3 Å². The van der Waals surface area contributed by atoms with E-state index in [1.54, 1.807) is 0 Å². The highest BCUT2D eigenvalue weighted by Gasteiger charge is 2.20. The summed E-state index contributed by atoms with van der Waals surface area (Å²) in [6.45, 7) is 7.34. The summed E-state index contributed by atoms with van der Waals surface area (Å²) in [4.78, 5) is 14.8. The fourth-order valence-electron chi connectivity index (χ4n) is 2.16. The van der Waals surface area contributed by atoms with Gasteiger partial charge in [0.2, 0.25) is 5.89 Å². The number of alkyl carbamates (subject to hydrolysis) is 1. The Kier molecular flexibility index (Phi) is 6.65. The molecule has 1 aromatic heterocycles. The van der Waals surface area contributed by atoms with E-state index < -0.39 is 0 Å². The zero-order chi connectivity index (χ0) is 15.9. The van der Waals surface area contributed by atoms with Crippen molar-refractivity contribution >= 4 is 6.09 Å². The van der Waals surface area contributed by atoms with Crippen LogP contribution >= 0.6 is 0 Å². The van der Waals surface area contributed by atoms with Crippen LogP contribution < -0.4 is 5.32 Å². The Hall–Kier alpha value is -1.59. The molecular weight excluding hydrogens is 270 g/mol. The summed E-state index contributed by atoms with van der Waals surface area (Å²) in [6, 6.07) is 0. The van der Waals surface area contributed by atoms with Gasteiger partial charge in [0.15, 0.2) is 5.82 Å². The molecule has 6 heteroatoms. The lowest BCUT2D eigenvalue weighted by Crippen LogP contribution is -2.30. The first-order valence-electron chi connectivity index (χ1n) is 7.53. The number of aryl methyl sites for hydroxylation is 1. The second-order valence-corrected chi connectivity index (χ2v) is 6.27. The van der Waals surface area contributed by atoms with Crippen LogP contribution in [0.2, 0.25) is 0 Å². The fraction of sp³-hybridized carbons (Fsp3) is 0.800. The van der Waals surface area contributed by atoms with E-state index in [0.717, 1.165) is 11.7 Å². The van der Waals surface area contributed by atoms with Crippen LogP contribution in [0.3, 0.4) is 0 Å². The van der Waals surface area contributed by atoms with Gasteiger partial charge in [0.25, 0.3) is 0 Å². The van der Waals surface area contributed by atoms with Gasteiger partial charge in [-0.1, -0.05) is 24.4 Å². The SMILES string of the molecule is CNC(=O)OC(C)(C)C.Cc1noc(C2CCCCC2)n1. The number of nitrogens with one attached hydrogen (secondary N) is 1. The Bertz CT molecular complexity index is 432. The molecule has 0 unspecified atom stereocenters. The molecule has 0 saturated heterocycles. The van der Waals surface area contributed by atoms with Crippen LogP contribution in [-0.4, -0.2) is 28.9 Å². The first-order valence-corrected chi connectivity index (χ1v) is 7.53. The molecule has 21 heavy (non-hydrogen) atoms. The van der Waals surface area contributed by atoms with E-state index in [-0.39, 0.29) is 11.7 Å². The molecule has 1 saturated carbocycles. The van der Waals surface area contributed by atoms with Gasteiger partial charge < -0.3 is 14.6 Å². The minimum absolute atomic E-state index is 0.387. The maximum atomic E-state index is 10.5. The third-order valence-corrected chi connectivity index (χ3v) is 3.10. The maximum Gasteiger partial charge on any atom is 0.407 e. The van der Waals surface area contributed by atoms with Gasteiger partial charge in [0.05, 0.1) is 0 Å². The van der Waals surface area contributed by atoms with Crippen molar-refractivity contribution in [2.24, 2.45) is 0 Å². The molecule has 1 aliphatic carbocycles. The molecule has 1 amide bonds. The number of carbonyl (C=O) groups excluding carboxylic acids is 1. The van der Waals surface area contributed by atoms with E-state index in [0.29, 0.717) is 5.92 Å². The zero-order valence-corrected chi connectivity index (χ0v) is 13.7. The van der Waals surface area contributed by atoms with Gasteiger partial charge in [-0.2, -0.15) is 4.98 Å². The molecule has 0 radical (unpaired) electrons. The summed E-state index contributed by atoms with van der Waals surface area (Å²) in [5, 5.41) is 6.17. The van der Waals surface area contributed by atoms with Crippen LogP contribution in [0.15, 0.2) is 4.52 Å². The van der Waals surface area contributed by atoms with Gasteiger partial charge in [0.1, 0.15) is 5.60 Å². The Morgan fingerprint density at radius 3 is 2.29 bits per heavy atom. The molecule has 0 bridgehead atoms. The highest BCUT2D eigenvalue weighted by molar-refractivity contribution is 5.67. The van der Waals surface area contributed by atoms with Gasteiger partial charge in [-0.05, 0) is 40.5 Å². The topological polar surface area (TPSA) is 77.2 Å². The standard InChI is InChI=1S/C9H14N2O.C6H13NO2/c1-7-10-9(12-11-7)8-5-3-2-4-6-8;1-6(2,3)9-5(8)7-4/h8H,2-6H2,1H3;1-4H3,(H,7,8). The monoisotopic (exact) mass is 297 g/mol. The highest BCUT2D eigenvalue weighted by Crippen LogP contribution is 2.31. The molecule has 2 rings (SSSR count). The van der Waals surface area contributed by atoms with Crippen molar-refractivity contribution in [3.63, 3.8) is 0 Å². The fourth-order valence-corrected chi connectivity index (χ4v) is 2.16. The van der Waals surface area contributed by atoms with Gasteiger partial charge in [-0.3, -0.25) is 0 Å². The lowest BCUT2D eigenvalue weighted by Gasteiger charge is -2.18. The van der Waals surface area contributed by atoms with Crippen molar-refractivity contribution in [2.75, 3.05) is 7.05 Å². The molecule has 120 valence electrons. The predicted molar refractivity (Wildman–Crippen MR) is 80.2 cm³/mol. The van der Waals surface area contributed by atoms with E-state index in [9.17, 15) is 4.79 Å². The quantitative estimate of drug-likeness (QED) is 0.857. The second-order valence-electron chi connectivity index (χ2n) is 6.27. The molecular formula is C15H27N3O3. The predicted octanol–water partition coefficient (Wildman–Crippen LogP) is 3.57. The van der Waals surface area contributed by atoms with Gasteiger partial charge in [-0.15, -0.1) is 0 Å². The molecule has 1 fully saturated rings. The number of aromatic nitrogens is 2. The average Bonchev–Trinajstić information content (AvgIpc) is 2.85. The molecule has 1 N–H and O–H groups in total. The van der Waals surface area contributed by atoms with Gasteiger partial charge in [0, 0.05) is 13.0 Å². The number of amides is 1. The van der Waals surface area contributed by atoms with E-state index in [1.807, 2.05) is 27.7 Å². The van der Waals surface area contributed by atoms with E-state index >= 15 is 0 Å². The third-order valence-electron chi connectivity index (χ3n) is 3.10. The van der Waals surface area contributed by atoms with Crippen LogP contribution in [0.1, 0.15) is 70.5 Å².